The lowest BCUT2D eigenvalue weighted by Gasteiger charge is -2.08. The van der Waals surface area contributed by atoms with E-state index in [4.69, 9.17) is 37.9 Å². The van der Waals surface area contributed by atoms with Crippen molar-refractivity contribution >= 4 is 10.8 Å². The van der Waals surface area contributed by atoms with Gasteiger partial charge in [0, 0.05) is 0 Å². The van der Waals surface area contributed by atoms with Crippen molar-refractivity contribution in [2.75, 3.05) is 56.9 Å². The van der Waals surface area contributed by atoms with Crippen molar-refractivity contribution in [3.8, 4) is 46.0 Å². The quantitative estimate of drug-likeness (QED) is 0.169. The molecule has 0 saturated heterocycles. The molecule has 0 aliphatic carbocycles. The molecule has 0 aliphatic heterocycles. The second kappa shape index (κ2) is 19.9. The smallest absolute Gasteiger partial charge is 0.161 e. The van der Waals surface area contributed by atoms with Crippen molar-refractivity contribution in [1.82, 2.24) is 0 Å². The molecule has 0 N–H and O–H groups in total. The third-order valence-corrected chi connectivity index (χ3v) is 6.62. The minimum atomic E-state index is 0.769. The lowest BCUT2D eigenvalue weighted by molar-refractivity contribution is 0.354. The zero-order valence-electron chi connectivity index (χ0n) is 28.5. The van der Waals surface area contributed by atoms with Crippen LogP contribution in [0.5, 0.6) is 46.0 Å². The van der Waals surface area contributed by atoms with E-state index in [1.807, 2.05) is 98.8 Å². The minimum Gasteiger partial charge on any atom is -0.493 e. The van der Waals surface area contributed by atoms with Gasteiger partial charge in [-0.15, -0.1) is 0 Å². The van der Waals surface area contributed by atoms with Crippen LogP contribution in [0.2, 0.25) is 0 Å². The van der Waals surface area contributed by atoms with Crippen LogP contribution in [0.3, 0.4) is 0 Å². The van der Waals surface area contributed by atoms with Crippen molar-refractivity contribution in [1.29, 1.82) is 0 Å². The largest absolute Gasteiger partial charge is 0.493 e. The summed E-state index contributed by atoms with van der Waals surface area (Å²) in [6, 6.07) is 31.3. The first-order valence-corrected chi connectivity index (χ1v) is 14.4. The molecule has 0 bridgehead atoms. The van der Waals surface area contributed by atoms with Crippen molar-refractivity contribution in [2.24, 2.45) is 0 Å². The van der Waals surface area contributed by atoms with Crippen molar-refractivity contribution in [3.05, 3.63) is 108 Å². The maximum Gasteiger partial charge on any atom is 0.161 e. The first-order chi connectivity index (χ1) is 22.3. The average Bonchev–Trinajstić information content (AvgIpc) is 3.11. The zero-order valence-corrected chi connectivity index (χ0v) is 28.5. The molecule has 0 saturated carbocycles. The molecule has 0 radical (unpaired) electrons. The van der Waals surface area contributed by atoms with Crippen molar-refractivity contribution in [3.63, 3.8) is 0 Å². The van der Waals surface area contributed by atoms with Gasteiger partial charge in [0.2, 0.25) is 0 Å². The van der Waals surface area contributed by atoms with Crippen LogP contribution in [0.15, 0.2) is 97.1 Å². The fourth-order valence-corrected chi connectivity index (χ4v) is 4.19. The second-order valence-electron chi connectivity index (χ2n) is 9.63. The van der Waals surface area contributed by atoms with E-state index in [0.717, 1.165) is 56.8 Å². The first-order valence-electron chi connectivity index (χ1n) is 14.4. The van der Waals surface area contributed by atoms with Gasteiger partial charge in [0.25, 0.3) is 0 Å². The Morgan fingerprint density at radius 2 is 0.543 bits per heavy atom. The number of hydrogen-bond acceptors (Lipinski definition) is 8. The van der Waals surface area contributed by atoms with Gasteiger partial charge in [-0.25, -0.2) is 0 Å². The van der Waals surface area contributed by atoms with Crippen LogP contribution < -0.4 is 37.9 Å². The maximum absolute atomic E-state index is 5.22. The summed E-state index contributed by atoms with van der Waals surface area (Å²) in [6.45, 7) is 4.03. The molecular formula is C38H46O8. The third kappa shape index (κ3) is 11.0. The molecule has 246 valence electrons. The summed E-state index contributed by atoms with van der Waals surface area (Å²) >= 11 is 0. The average molecular weight is 631 g/mol. The number of para-hydroxylation sites is 2. The topological polar surface area (TPSA) is 73.8 Å². The highest BCUT2D eigenvalue weighted by molar-refractivity contribution is 5.86. The molecule has 0 aromatic heterocycles. The second-order valence-corrected chi connectivity index (χ2v) is 9.63. The number of fused-ring (bicyclic) bond motifs is 1. The van der Waals surface area contributed by atoms with Crippen LogP contribution in [-0.4, -0.2) is 56.9 Å². The summed E-state index contributed by atoms with van der Waals surface area (Å²) in [4.78, 5) is 0. The molecule has 8 heteroatoms. The molecule has 0 atom stereocenters. The summed E-state index contributed by atoms with van der Waals surface area (Å²) in [6.07, 6.45) is 0. The highest BCUT2D eigenvalue weighted by Gasteiger charge is 2.05. The van der Waals surface area contributed by atoms with E-state index in [2.05, 4.69) is 12.1 Å². The Hall–Kier alpha value is -5.24. The van der Waals surface area contributed by atoms with Gasteiger partial charge in [-0.3, -0.25) is 0 Å². The summed E-state index contributed by atoms with van der Waals surface area (Å²) in [5, 5.41) is 2.32. The zero-order chi connectivity index (χ0) is 33.9. The van der Waals surface area contributed by atoms with Crippen molar-refractivity contribution in [2.45, 2.75) is 13.8 Å². The van der Waals surface area contributed by atoms with Gasteiger partial charge in [0.05, 0.1) is 56.9 Å². The fourth-order valence-electron chi connectivity index (χ4n) is 4.19. The number of hydrogen-bond donors (Lipinski definition) is 0. The van der Waals surface area contributed by atoms with Gasteiger partial charge in [0.15, 0.2) is 46.0 Å². The van der Waals surface area contributed by atoms with E-state index in [9.17, 15) is 0 Å². The number of methoxy groups -OCH3 is 8. The molecule has 0 heterocycles. The van der Waals surface area contributed by atoms with Crippen molar-refractivity contribution < 1.29 is 37.9 Å². The maximum atomic E-state index is 5.22. The normalized spacial score (nSPS) is 9.52. The molecule has 5 rings (SSSR count). The molecule has 5 aromatic rings. The van der Waals surface area contributed by atoms with Gasteiger partial charge in [-0.2, -0.15) is 0 Å². The van der Waals surface area contributed by atoms with Crippen LogP contribution in [0.25, 0.3) is 10.8 Å². The highest BCUT2D eigenvalue weighted by atomic mass is 16.5. The number of ether oxygens (including phenoxy) is 8. The molecule has 46 heavy (non-hydrogen) atoms. The number of aryl methyl sites for hydroxylation is 2. The predicted molar refractivity (Wildman–Crippen MR) is 185 cm³/mol. The summed E-state index contributed by atoms with van der Waals surface area (Å²) in [5.41, 5.74) is 2.34. The van der Waals surface area contributed by atoms with Crippen LogP contribution in [0.1, 0.15) is 11.1 Å². The molecule has 0 spiro atoms. The molecule has 5 aromatic carbocycles. The SMILES string of the molecule is COc1cc2ccccc2cc1OC.COc1ccc(C)cc1OC.COc1ccc(C)cc1OC.COc1ccccc1OC. The lowest BCUT2D eigenvalue weighted by atomic mass is 10.1. The van der Waals surface area contributed by atoms with Gasteiger partial charge < -0.3 is 37.9 Å². The van der Waals surface area contributed by atoms with Gasteiger partial charge >= 0.3 is 0 Å². The van der Waals surface area contributed by atoms with E-state index in [1.54, 1.807) is 56.9 Å². The summed E-state index contributed by atoms with van der Waals surface area (Å²) in [5.74, 6) is 6.20. The van der Waals surface area contributed by atoms with E-state index < -0.39 is 0 Å². The van der Waals surface area contributed by atoms with E-state index in [0.29, 0.717) is 0 Å². The Morgan fingerprint density at radius 3 is 0.848 bits per heavy atom. The number of rotatable bonds is 8. The fraction of sp³-hybridized carbons (Fsp3) is 0.263. The Balaban J connectivity index is 0.000000215. The monoisotopic (exact) mass is 630 g/mol. The van der Waals surface area contributed by atoms with Crippen LogP contribution in [-0.2, 0) is 0 Å². The van der Waals surface area contributed by atoms with E-state index in [1.165, 1.54) is 11.1 Å². The molecule has 0 fully saturated rings. The predicted octanol–water partition coefficient (Wildman–Crippen LogP) is 8.59. The Morgan fingerprint density at radius 1 is 0.283 bits per heavy atom. The highest BCUT2D eigenvalue weighted by Crippen LogP contribution is 2.32. The molecular weight excluding hydrogens is 584 g/mol. The molecule has 0 amide bonds. The third-order valence-electron chi connectivity index (χ3n) is 6.62. The number of benzene rings is 5. The van der Waals surface area contributed by atoms with E-state index in [-0.39, 0.29) is 0 Å². The van der Waals surface area contributed by atoms with Gasteiger partial charge in [-0.05, 0) is 84.3 Å². The Labute approximate surface area is 273 Å². The first kappa shape index (κ1) is 36.9. The Kier molecular flexibility index (Phi) is 16.0. The van der Waals surface area contributed by atoms with Gasteiger partial charge in [0.1, 0.15) is 0 Å². The standard InChI is InChI=1S/C12H12O2.2C9H12O2.C8H10O2/c1-13-11-7-9-5-3-4-6-10(9)8-12(11)14-2;2*1-7-4-5-8(10-2)9(6-7)11-3;1-9-7-5-3-4-6-8(7)10-2/h3-8H,1-2H3;2*4-6H,1-3H3;3-6H,1-2H3. The summed E-state index contributed by atoms with van der Waals surface area (Å²) < 4.78 is 40.8. The van der Waals surface area contributed by atoms with Crippen LogP contribution in [0.4, 0.5) is 0 Å². The van der Waals surface area contributed by atoms with Crippen LogP contribution >= 0.6 is 0 Å². The lowest BCUT2D eigenvalue weighted by Crippen LogP contribution is -1.90. The van der Waals surface area contributed by atoms with Gasteiger partial charge in [-0.1, -0.05) is 48.5 Å². The van der Waals surface area contributed by atoms with E-state index >= 15 is 0 Å². The Bertz CT molecular complexity index is 1500. The molecule has 0 aliphatic rings. The van der Waals surface area contributed by atoms with Crippen LogP contribution in [0, 0.1) is 13.8 Å². The molecule has 8 nitrogen and oxygen atoms in total. The minimum absolute atomic E-state index is 0.769. The molecule has 0 unspecified atom stereocenters. The summed E-state index contributed by atoms with van der Waals surface area (Å²) in [7, 11) is 13.1.